The van der Waals surface area contributed by atoms with Gasteiger partial charge in [-0.1, -0.05) is 31.0 Å². The van der Waals surface area contributed by atoms with E-state index in [2.05, 4.69) is 20.6 Å². The molecule has 8 nitrogen and oxygen atoms in total. The second kappa shape index (κ2) is 8.08. The summed E-state index contributed by atoms with van der Waals surface area (Å²) < 4.78 is 20.5. The van der Waals surface area contributed by atoms with Gasteiger partial charge in [-0.15, -0.1) is 0 Å². The quantitative estimate of drug-likeness (QED) is 0.373. The van der Waals surface area contributed by atoms with Crippen molar-refractivity contribution in [3.8, 4) is 0 Å². The van der Waals surface area contributed by atoms with Crippen molar-refractivity contribution in [1.82, 2.24) is 9.97 Å². The van der Waals surface area contributed by atoms with E-state index in [1.807, 2.05) is 30.3 Å². The van der Waals surface area contributed by atoms with E-state index < -0.39 is 11.7 Å². The van der Waals surface area contributed by atoms with E-state index in [4.69, 9.17) is 15.9 Å². The topological polar surface area (TPSA) is 132 Å². The third kappa shape index (κ3) is 3.71. The highest BCUT2D eigenvalue weighted by Crippen LogP contribution is 2.31. The first-order valence-electron chi connectivity index (χ1n) is 10.6. The number of benzene rings is 1. The summed E-state index contributed by atoms with van der Waals surface area (Å²) in [4.78, 5) is 20.7. The van der Waals surface area contributed by atoms with Crippen LogP contribution in [0.3, 0.4) is 0 Å². The Bertz CT molecular complexity index is 1320. The highest BCUT2D eigenvalue weighted by molar-refractivity contribution is 6.05. The van der Waals surface area contributed by atoms with Crippen LogP contribution in [0, 0.1) is 5.82 Å². The lowest BCUT2D eigenvalue weighted by molar-refractivity contribution is 0.100. The predicted molar refractivity (Wildman–Crippen MR) is 121 cm³/mol. The summed E-state index contributed by atoms with van der Waals surface area (Å²) in [6.45, 7) is 0. The molecule has 1 aliphatic carbocycles. The first-order valence-corrected chi connectivity index (χ1v) is 10.6. The van der Waals surface area contributed by atoms with Crippen LogP contribution in [-0.2, 0) is 0 Å². The van der Waals surface area contributed by atoms with Crippen LogP contribution in [0.4, 0.5) is 21.7 Å². The van der Waals surface area contributed by atoms with Gasteiger partial charge in [0.1, 0.15) is 11.4 Å². The van der Waals surface area contributed by atoms with Crippen LogP contribution in [0.15, 0.2) is 47.0 Å². The molecule has 1 amide bonds. The van der Waals surface area contributed by atoms with Crippen molar-refractivity contribution in [2.24, 2.45) is 11.5 Å². The predicted octanol–water partition coefficient (Wildman–Crippen LogP) is 4.04. The number of nitrogens with two attached hydrogens (primary N) is 2. The fourth-order valence-electron chi connectivity index (χ4n) is 4.20. The number of halogens is 1. The maximum absolute atomic E-state index is 14.7. The number of carbonyl (C=O) groups is 1. The Hall–Kier alpha value is -3.72. The van der Waals surface area contributed by atoms with E-state index >= 15 is 0 Å². The minimum absolute atomic E-state index is 0.0302. The molecule has 1 fully saturated rings. The lowest BCUT2D eigenvalue weighted by Crippen LogP contribution is -2.43. The Morgan fingerprint density at radius 2 is 1.94 bits per heavy atom. The summed E-state index contributed by atoms with van der Waals surface area (Å²) in [5, 5.41) is 7.89. The number of hydrogen-bond acceptors (Lipinski definition) is 7. The first-order chi connectivity index (χ1) is 15.5. The summed E-state index contributed by atoms with van der Waals surface area (Å²) in [6.07, 6.45) is 5.33. The Labute approximate surface area is 183 Å². The average Bonchev–Trinajstić information content (AvgIpc) is 3.15. The van der Waals surface area contributed by atoms with Crippen molar-refractivity contribution >= 4 is 45.3 Å². The van der Waals surface area contributed by atoms with Gasteiger partial charge in [0.15, 0.2) is 11.6 Å². The molecular weight excluding hydrogens is 411 g/mol. The molecule has 3 aromatic heterocycles. The van der Waals surface area contributed by atoms with Crippen molar-refractivity contribution in [2.45, 2.75) is 37.8 Å². The molecule has 2 unspecified atom stereocenters. The van der Waals surface area contributed by atoms with Crippen LogP contribution >= 0.6 is 0 Å². The van der Waals surface area contributed by atoms with Crippen LogP contribution in [0.2, 0.25) is 0 Å². The molecule has 2 atom stereocenters. The fraction of sp³-hybridized carbons (Fsp3) is 0.261. The van der Waals surface area contributed by atoms with E-state index in [9.17, 15) is 9.18 Å². The number of nitrogens with zero attached hydrogens (tertiary/aromatic N) is 2. The van der Waals surface area contributed by atoms with Crippen LogP contribution in [0.25, 0.3) is 22.1 Å². The van der Waals surface area contributed by atoms with E-state index in [1.165, 1.54) is 0 Å². The average molecular weight is 434 g/mol. The smallest absolute Gasteiger partial charge is 0.252 e. The number of amides is 1. The molecule has 0 bridgehead atoms. The van der Waals surface area contributed by atoms with Gasteiger partial charge in [-0.05, 0) is 31.0 Å². The molecule has 0 spiro atoms. The standard InChI is InChI=1S/C23H23FN6O2/c24-16-10-15(20(26)31)21(30-22(16)29-18-7-3-2-6-17(18)25)28-12-9-14-13-5-1-4-8-19(13)32-23(14)27-11-12/h1,4-5,8-11,17-18H,2-3,6-7,25H2,(H2,26,31)(H2,28,29,30). The van der Waals surface area contributed by atoms with Crippen molar-refractivity contribution in [3.05, 3.63) is 54.0 Å². The van der Waals surface area contributed by atoms with Gasteiger partial charge in [0.25, 0.3) is 5.91 Å². The molecule has 32 heavy (non-hydrogen) atoms. The molecule has 9 heteroatoms. The molecule has 6 N–H and O–H groups in total. The second-order valence-corrected chi connectivity index (χ2v) is 8.08. The summed E-state index contributed by atoms with van der Waals surface area (Å²) >= 11 is 0. The molecular formula is C23H23FN6O2. The molecule has 5 rings (SSSR count). The van der Waals surface area contributed by atoms with Gasteiger partial charge in [-0.25, -0.2) is 14.4 Å². The number of rotatable bonds is 5. The molecule has 1 saturated carbocycles. The van der Waals surface area contributed by atoms with E-state index in [0.717, 1.165) is 48.1 Å². The third-order valence-corrected chi connectivity index (χ3v) is 5.88. The Kier molecular flexibility index (Phi) is 5.10. The number of furan rings is 1. The maximum Gasteiger partial charge on any atom is 0.252 e. The van der Waals surface area contributed by atoms with E-state index in [1.54, 1.807) is 6.20 Å². The Balaban J connectivity index is 1.51. The minimum Gasteiger partial charge on any atom is -0.438 e. The number of primary amides is 1. The number of nitrogens with one attached hydrogen (secondary N) is 2. The molecule has 164 valence electrons. The van der Waals surface area contributed by atoms with Crippen LogP contribution < -0.4 is 22.1 Å². The molecule has 3 heterocycles. The number of aromatic nitrogens is 2. The number of pyridine rings is 2. The zero-order chi connectivity index (χ0) is 22.2. The van der Waals surface area contributed by atoms with Crippen molar-refractivity contribution in [3.63, 3.8) is 0 Å². The SMILES string of the molecule is NC(=O)c1cc(F)c(NC2CCCCC2N)nc1Nc1cnc2oc3ccccc3c2c1. The van der Waals surface area contributed by atoms with Crippen molar-refractivity contribution in [1.29, 1.82) is 0 Å². The van der Waals surface area contributed by atoms with Crippen LogP contribution in [0.1, 0.15) is 36.0 Å². The highest BCUT2D eigenvalue weighted by Gasteiger charge is 2.24. The number of fused-ring (bicyclic) bond motifs is 3. The monoisotopic (exact) mass is 434 g/mol. The summed E-state index contributed by atoms with van der Waals surface area (Å²) in [5.41, 5.74) is 13.4. The van der Waals surface area contributed by atoms with Gasteiger partial charge in [-0.2, -0.15) is 0 Å². The molecule has 1 aliphatic rings. The van der Waals surface area contributed by atoms with Gasteiger partial charge in [0.2, 0.25) is 5.71 Å². The van der Waals surface area contributed by atoms with E-state index in [0.29, 0.717) is 11.4 Å². The normalized spacial score (nSPS) is 18.7. The minimum atomic E-state index is -0.789. The van der Waals surface area contributed by atoms with Crippen molar-refractivity contribution in [2.75, 3.05) is 10.6 Å². The van der Waals surface area contributed by atoms with Gasteiger partial charge in [-0.3, -0.25) is 4.79 Å². The van der Waals surface area contributed by atoms with Gasteiger partial charge in [0.05, 0.1) is 22.8 Å². The molecule has 0 aliphatic heterocycles. The summed E-state index contributed by atoms with van der Waals surface area (Å²) in [6, 6.07) is 10.4. The number of carbonyl (C=O) groups excluding carboxylic acids is 1. The number of hydrogen-bond donors (Lipinski definition) is 4. The van der Waals surface area contributed by atoms with E-state index in [-0.39, 0.29) is 29.3 Å². The number of para-hydroxylation sites is 1. The fourth-order valence-corrected chi connectivity index (χ4v) is 4.20. The van der Waals surface area contributed by atoms with Crippen LogP contribution in [0.5, 0.6) is 0 Å². The number of anilines is 3. The zero-order valence-corrected chi connectivity index (χ0v) is 17.3. The molecule has 0 saturated heterocycles. The largest absolute Gasteiger partial charge is 0.438 e. The maximum atomic E-state index is 14.7. The zero-order valence-electron chi connectivity index (χ0n) is 17.3. The lowest BCUT2D eigenvalue weighted by Gasteiger charge is -2.30. The van der Waals surface area contributed by atoms with Crippen molar-refractivity contribution < 1.29 is 13.6 Å². The first kappa shape index (κ1) is 20.2. The summed E-state index contributed by atoms with van der Waals surface area (Å²) in [5.74, 6) is -1.28. The molecule has 1 aromatic carbocycles. The van der Waals surface area contributed by atoms with Crippen LogP contribution in [-0.4, -0.2) is 28.0 Å². The molecule has 0 radical (unpaired) electrons. The Morgan fingerprint density at radius 3 is 2.75 bits per heavy atom. The molecule has 4 aromatic rings. The lowest BCUT2D eigenvalue weighted by atomic mass is 9.91. The second-order valence-electron chi connectivity index (χ2n) is 8.08. The summed E-state index contributed by atoms with van der Waals surface area (Å²) in [7, 11) is 0. The Morgan fingerprint density at radius 1 is 1.12 bits per heavy atom. The van der Waals surface area contributed by atoms with Gasteiger partial charge < -0.3 is 26.5 Å². The highest BCUT2D eigenvalue weighted by atomic mass is 19.1. The van der Waals surface area contributed by atoms with Gasteiger partial charge >= 0.3 is 0 Å². The van der Waals surface area contributed by atoms with Gasteiger partial charge in [0, 0.05) is 17.5 Å². The third-order valence-electron chi connectivity index (χ3n) is 5.88.